The molecule has 0 unspecified atom stereocenters. The van der Waals surface area contributed by atoms with Gasteiger partial charge in [-0.05, 0) is 31.6 Å². The lowest BCUT2D eigenvalue weighted by atomic mass is 9.99. The highest BCUT2D eigenvalue weighted by Gasteiger charge is 2.44. The van der Waals surface area contributed by atoms with Gasteiger partial charge < -0.3 is 14.4 Å². The minimum atomic E-state index is -5.24. The molecule has 0 bridgehead atoms. The minimum absolute atomic E-state index is 0.165. The fourth-order valence-corrected chi connectivity index (χ4v) is 2.50. The van der Waals surface area contributed by atoms with Gasteiger partial charge in [-0.25, -0.2) is 0 Å². The van der Waals surface area contributed by atoms with E-state index in [1.807, 2.05) is 0 Å². The van der Waals surface area contributed by atoms with Crippen LogP contribution in [0.1, 0.15) is 30.5 Å². The summed E-state index contributed by atoms with van der Waals surface area (Å²) in [5.74, 6) is -0.657. The Morgan fingerprint density at radius 1 is 0.966 bits per heavy atom. The van der Waals surface area contributed by atoms with Crippen LogP contribution in [0.15, 0.2) is 24.3 Å². The lowest BCUT2D eigenvalue weighted by Gasteiger charge is -2.21. The molecular weight excluding hydrogens is 404 g/mol. The SMILES string of the molecule is CCOCCN(CCOCC)C(=O)/C=C/c1cccc(C(F)(F)F)c1C(F)(F)F. The summed E-state index contributed by atoms with van der Waals surface area (Å²) >= 11 is 0. The van der Waals surface area contributed by atoms with Crippen LogP contribution in [-0.2, 0) is 26.6 Å². The van der Waals surface area contributed by atoms with Crippen molar-refractivity contribution < 1.29 is 40.6 Å². The van der Waals surface area contributed by atoms with Gasteiger partial charge in [-0.15, -0.1) is 0 Å². The fraction of sp³-hybridized carbons (Fsp3) is 0.526. The summed E-state index contributed by atoms with van der Waals surface area (Å²) in [6.45, 7) is 5.11. The zero-order valence-corrected chi connectivity index (χ0v) is 16.1. The first kappa shape index (κ1) is 25.0. The summed E-state index contributed by atoms with van der Waals surface area (Å²) in [7, 11) is 0. The predicted molar refractivity (Wildman–Crippen MR) is 95.0 cm³/mol. The van der Waals surface area contributed by atoms with Crippen molar-refractivity contribution in [2.24, 2.45) is 0 Å². The summed E-state index contributed by atoms with van der Waals surface area (Å²) in [6.07, 6.45) is -8.85. The first-order valence-corrected chi connectivity index (χ1v) is 8.92. The van der Waals surface area contributed by atoms with Crippen molar-refractivity contribution in [3.63, 3.8) is 0 Å². The third-order valence-electron chi connectivity index (χ3n) is 3.82. The van der Waals surface area contributed by atoms with Crippen LogP contribution in [0.4, 0.5) is 26.3 Å². The van der Waals surface area contributed by atoms with Crippen molar-refractivity contribution in [2.75, 3.05) is 39.5 Å². The maximum atomic E-state index is 13.3. The quantitative estimate of drug-likeness (QED) is 0.310. The van der Waals surface area contributed by atoms with E-state index >= 15 is 0 Å². The standard InChI is InChI=1S/C19H23F6NO3/c1-3-28-12-10-26(11-13-29-4-2)16(27)9-8-14-6-5-7-15(18(20,21)22)17(14)19(23,24)25/h5-9H,3-4,10-13H2,1-2H3/b9-8+. The zero-order chi connectivity index (χ0) is 22.1. The van der Waals surface area contributed by atoms with Gasteiger partial charge in [0.2, 0.25) is 5.91 Å². The number of ether oxygens (including phenoxy) is 2. The minimum Gasteiger partial charge on any atom is -0.380 e. The van der Waals surface area contributed by atoms with E-state index in [9.17, 15) is 31.1 Å². The number of rotatable bonds is 10. The first-order chi connectivity index (χ1) is 13.5. The molecule has 1 aromatic rings. The average molecular weight is 427 g/mol. The van der Waals surface area contributed by atoms with Crippen molar-refractivity contribution in [3.05, 3.63) is 41.0 Å². The molecule has 1 rings (SSSR count). The molecule has 164 valence electrons. The molecule has 0 spiro atoms. The maximum absolute atomic E-state index is 13.3. The largest absolute Gasteiger partial charge is 0.417 e. The second kappa shape index (κ2) is 11.2. The van der Waals surface area contributed by atoms with Crippen molar-refractivity contribution in [1.29, 1.82) is 0 Å². The molecule has 4 nitrogen and oxygen atoms in total. The number of amides is 1. The van der Waals surface area contributed by atoms with E-state index in [-0.39, 0.29) is 26.3 Å². The maximum Gasteiger partial charge on any atom is 0.417 e. The molecule has 0 aliphatic carbocycles. The van der Waals surface area contributed by atoms with Gasteiger partial charge >= 0.3 is 12.4 Å². The van der Waals surface area contributed by atoms with Gasteiger partial charge in [0, 0.05) is 32.4 Å². The van der Waals surface area contributed by atoms with Gasteiger partial charge in [0.25, 0.3) is 0 Å². The third-order valence-corrected chi connectivity index (χ3v) is 3.82. The lowest BCUT2D eigenvalue weighted by Crippen LogP contribution is -2.35. The summed E-state index contributed by atoms with van der Waals surface area (Å²) in [4.78, 5) is 13.7. The van der Waals surface area contributed by atoms with Gasteiger partial charge in [-0.3, -0.25) is 4.79 Å². The molecule has 0 aromatic heterocycles. The zero-order valence-electron chi connectivity index (χ0n) is 16.1. The summed E-state index contributed by atoms with van der Waals surface area (Å²) in [5.41, 5.74) is -4.37. The van der Waals surface area contributed by atoms with Crippen LogP contribution in [0.5, 0.6) is 0 Å². The Morgan fingerprint density at radius 2 is 1.52 bits per heavy atom. The summed E-state index contributed by atoms with van der Waals surface area (Å²) in [6, 6.07) is 2.11. The number of hydrogen-bond acceptors (Lipinski definition) is 3. The first-order valence-electron chi connectivity index (χ1n) is 8.92. The van der Waals surface area contributed by atoms with E-state index in [1.165, 1.54) is 4.90 Å². The van der Waals surface area contributed by atoms with E-state index in [0.717, 1.165) is 24.3 Å². The van der Waals surface area contributed by atoms with Crippen LogP contribution in [0.25, 0.3) is 6.08 Å². The Bertz CT molecular complexity index is 676. The molecule has 0 saturated heterocycles. The van der Waals surface area contributed by atoms with Crippen molar-refractivity contribution in [1.82, 2.24) is 4.90 Å². The molecule has 0 aliphatic heterocycles. The Labute approximate surface area is 165 Å². The third kappa shape index (κ3) is 8.06. The van der Waals surface area contributed by atoms with E-state index in [1.54, 1.807) is 13.8 Å². The molecular formula is C19H23F6NO3. The van der Waals surface area contributed by atoms with Crippen LogP contribution >= 0.6 is 0 Å². The highest BCUT2D eigenvalue weighted by atomic mass is 19.4. The molecule has 1 aromatic carbocycles. The smallest absolute Gasteiger partial charge is 0.380 e. The number of hydrogen-bond donors (Lipinski definition) is 0. The molecule has 0 heterocycles. The monoisotopic (exact) mass is 427 g/mol. The van der Waals surface area contributed by atoms with Crippen LogP contribution < -0.4 is 0 Å². The average Bonchev–Trinajstić information content (AvgIpc) is 2.63. The molecule has 0 aliphatic rings. The fourth-order valence-electron chi connectivity index (χ4n) is 2.50. The Morgan fingerprint density at radius 3 is 1.97 bits per heavy atom. The molecule has 0 radical (unpaired) electrons. The van der Waals surface area contributed by atoms with Gasteiger partial charge in [0.1, 0.15) is 0 Å². The molecule has 0 fully saturated rings. The molecule has 10 heteroatoms. The summed E-state index contributed by atoms with van der Waals surface area (Å²) in [5, 5.41) is 0. The number of nitrogens with zero attached hydrogens (tertiary/aromatic N) is 1. The van der Waals surface area contributed by atoms with Crippen molar-refractivity contribution in [3.8, 4) is 0 Å². The van der Waals surface area contributed by atoms with Crippen LogP contribution in [0.3, 0.4) is 0 Å². The van der Waals surface area contributed by atoms with Crippen LogP contribution in [0, 0.1) is 0 Å². The van der Waals surface area contributed by atoms with Gasteiger partial charge in [0.05, 0.1) is 24.3 Å². The topological polar surface area (TPSA) is 38.8 Å². The number of alkyl halides is 6. The molecule has 29 heavy (non-hydrogen) atoms. The number of benzene rings is 1. The lowest BCUT2D eigenvalue weighted by molar-refractivity contribution is -0.162. The van der Waals surface area contributed by atoms with E-state index in [4.69, 9.17) is 9.47 Å². The number of halogens is 6. The normalized spacial score (nSPS) is 12.6. The molecule has 0 N–H and O–H groups in total. The Kier molecular flexibility index (Phi) is 9.64. The van der Waals surface area contributed by atoms with Crippen molar-refractivity contribution in [2.45, 2.75) is 26.2 Å². The molecule has 0 atom stereocenters. The van der Waals surface area contributed by atoms with Crippen LogP contribution in [-0.4, -0.2) is 50.3 Å². The molecule has 1 amide bonds. The Hall–Kier alpha value is -2.07. The van der Waals surface area contributed by atoms with E-state index in [0.29, 0.717) is 19.3 Å². The summed E-state index contributed by atoms with van der Waals surface area (Å²) < 4.78 is 89.2. The molecule has 0 saturated carbocycles. The predicted octanol–water partition coefficient (Wildman–Crippen LogP) is 4.64. The van der Waals surface area contributed by atoms with Gasteiger partial charge in [-0.1, -0.05) is 12.1 Å². The van der Waals surface area contributed by atoms with E-state index < -0.39 is 35.0 Å². The highest BCUT2D eigenvalue weighted by Crippen LogP contribution is 2.42. The second-order valence-electron chi connectivity index (χ2n) is 5.82. The van der Waals surface area contributed by atoms with Gasteiger partial charge in [0.15, 0.2) is 0 Å². The van der Waals surface area contributed by atoms with Crippen LogP contribution in [0.2, 0.25) is 0 Å². The highest BCUT2D eigenvalue weighted by molar-refractivity contribution is 5.92. The number of carbonyl (C=O) groups is 1. The van der Waals surface area contributed by atoms with E-state index in [2.05, 4.69) is 0 Å². The Balaban J connectivity index is 3.13. The van der Waals surface area contributed by atoms with Crippen molar-refractivity contribution >= 4 is 12.0 Å². The number of carbonyl (C=O) groups excluding carboxylic acids is 1. The van der Waals surface area contributed by atoms with Gasteiger partial charge in [-0.2, -0.15) is 26.3 Å². The second-order valence-corrected chi connectivity index (χ2v) is 5.82.